The van der Waals surface area contributed by atoms with E-state index in [1.807, 2.05) is 11.8 Å². The number of carbonyl (C=O) groups is 2. The molecule has 2 amide bonds. The molecule has 0 saturated carbocycles. The highest BCUT2D eigenvalue weighted by molar-refractivity contribution is 5.96. The average molecular weight is 448 g/mol. The molecular formula is C23H27F3N4O2. The number of amides is 2. The lowest BCUT2D eigenvalue weighted by Crippen LogP contribution is -2.49. The van der Waals surface area contributed by atoms with Gasteiger partial charge in [-0.15, -0.1) is 0 Å². The van der Waals surface area contributed by atoms with Crippen LogP contribution < -0.4 is 10.2 Å². The number of benzene rings is 1. The van der Waals surface area contributed by atoms with E-state index >= 15 is 0 Å². The normalized spacial score (nSPS) is 15.4. The minimum absolute atomic E-state index is 0.0836. The Morgan fingerprint density at radius 2 is 1.78 bits per heavy atom. The van der Waals surface area contributed by atoms with Gasteiger partial charge in [-0.2, -0.15) is 13.2 Å². The van der Waals surface area contributed by atoms with Crippen molar-refractivity contribution in [2.24, 2.45) is 0 Å². The Labute approximate surface area is 185 Å². The van der Waals surface area contributed by atoms with Gasteiger partial charge in [0.15, 0.2) is 0 Å². The lowest BCUT2D eigenvalue weighted by Gasteiger charge is -2.35. The Bertz CT molecular complexity index is 939. The summed E-state index contributed by atoms with van der Waals surface area (Å²) in [6, 6.07) is 8.38. The van der Waals surface area contributed by atoms with Gasteiger partial charge in [-0.25, -0.2) is 4.98 Å². The minimum Gasteiger partial charge on any atom is -0.353 e. The Kier molecular flexibility index (Phi) is 7.37. The van der Waals surface area contributed by atoms with Gasteiger partial charge in [-0.3, -0.25) is 9.59 Å². The van der Waals surface area contributed by atoms with Gasteiger partial charge in [0.2, 0.25) is 0 Å². The number of pyridine rings is 1. The molecule has 0 aliphatic carbocycles. The van der Waals surface area contributed by atoms with Crippen molar-refractivity contribution in [2.75, 3.05) is 31.1 Å². The smallest absolute Gasteiger partial charge is 0.353 e. The Balaban J connectivity index is 1.60. The molecule has 1 aliphatic rings. The van der Waals surface area contributed by atoms with E-state index in [4.69, 9.17) is 0 Å². The van der Waals surface area contributed by atoms with Crippen molar-refractivity contribution >= 4 is 17.6 Å². The molecule has 2 aromatic rings. The van der Waals surface area contributed by atoms with Gasteiger partial charge in [-0.05, 0) is 37.6 Å². The van der Waals surface area contributed by atoms with Gasteiger partial charge in [-0.1, -0.05) is 25.5 Å². The molecule has 1 aromatic carbocycles. The SMILES string of the molecule is CCCC(C)NC(=O)c1ccc(N2CCN(C(=O)c3ccccc3C(F)(F)F)CC2)nc1. The number of hydrogen-bond acceptors (Lipinski definition) is 4. The summed E-state index contributed by atoms with van der Waals surface area (Å²) in [5, 5.41) is 2.93. The fourth-order valence-corrected chi connectivity index (χ4v) is 3.75. The molecule has 1 aromatic heterocycles. The van der Waals surface area contributed by atoms with Crippen LogP contribution in [0.5, 0.6) is 0 Å². The highest BCUT2D eigenvalue weighted by Gasteiger charge is 2.36. The fourth-order valence-electron chi connectivity index (χ4n) is 3.75. The highest BCUT2D eigenvalue weighted by atomic mass is 19.4. The van der Waals surface area contributed by atoms with E-state index in [0.29, 0.717) is 24.5 Å². The van der Waals surface area contributed by atoms with E-state index in [1.165, 1.54) is 29.3 Å². The van der Waals surface area contributed by atoms with Gasteiger partial charge in [0.05, 0.1) is 16.7 Å². The van der Waals surface area contributed by atoms with Crippen LogP contribution in [0.15, 0.2) is 42.6 Å². The third-order valence-electron chi connectivity index (χ3n) is 5.46. The van der Waals surface area contributed by atoms with Gasteiger partial charge in [0, 0.05) is 38.4 Å². The predicted molar refractivity (Wildman–Crippen MR) is 116 cm³/mol. The van der Waals surface area contributed by atoms with Crippen LogP contribution in [0.4, 0.5) is 19.0 Å². The second kappa shape index (κ2) is 10.0. The third-order valence-corrected chi connectivity index (χ3v) is 5.46. The summed E-state index contributed by atoms with van der Waals surface area (Å²) in [7, 11) is 0. The first kappa shape index (κ1) is 23.6. The van der Waals surface area contributed by atoms with E-state index in [0.717, 1.165) is 18.9 Å². The van der Waals surface area contributed by atoms with Crippen LogP contribution in [0, 0.1) is 0 Å². The predicted octanol–water partition coefficient (Wildman–Crippen LogP) is 3.98. The summed E-state index contributed by atoms with van der Waals surface area (Å²) in [5.41, 5.74) is -0.787. The molecule has 1 atom stereocenters. The lowest BCUT2D eigenvalue weighted by atomic mass is 10.1. The summed E-state index contributed by atoms with van der Waals surface area (Å²) in [6.07, 6.45) is -1.19. The minimum atomic E-state index is -4.58. The van der Waals surface area contributed by atoms with Crippen LogP contribution >= 0.6 is 0 Å². The molecule has 32 heavy (non-hydrogen) atoms. The Morgan fingerprint density at radius 3 is 2.38 bits per heavy atom. The zero-order valence-electron chi connectivity index (χ0n) is 18.2. The molecule has 9 heteroatoms. The summed E-state index contributed by atoms with van der Waals surface area (Å²) < 4.78 is 39.7. The van der Waals surface area contributed by atoms with Crippen LogP contribution in [0.1, 0.15) is 53.0 Å². The molecule has 0 spiro atoms. The second-order valence-corrected chi connectivity index (χ2v) is 7.89. The first-order chi connectivity index (χ1) is 15.2. The van der Waals surface area contributed by atoms with Crippen LogP contribution in [-0.4, -0.2) is 53.9 Å². The van der Waals surface area contributed by atoms with E-state index in [2.05, 4.69) is 17.2 Å². The number of aromatic nitrogens is 1. The largest absolute Gasteiger partial charge is 0.417 e. The average Bonchev–Trinajstić information content (AvgIpc) is 2.78. The second-order valence-electron chi connectivity index (χ2n) is 7.89. The van der Waals surface area contributed by atoms with E-state index in [-0.39, 0.29) is 30.6 Å². The van der Waals surface area contributed by atoms with E-state index < -0.39 is 17.6 Å². The summed E-state index contributed by atoms with van der Waals surface area (Å²) in [5.74, 6) is -0.145. The van der Waals surface area contributed by atoms with Crippen molar-refractivity contribution in [1.82, 2.24) is 15.2 Å². The molecule has 172 valence electrons. The number of rotatable bonds is 6. The van der Waals surface area contributed by atoms with Crippen molar-refractivity contribution < 1.29 is 22.8 Å². The molecule has 1 fully saturated rings. The maximum atomic E-state index is 13.2. The topological polar surface area (TPSA) is 65.5 Å². The number of hydrogen-bond donors (Lipinski definition) is 1. The molecular weight excluding hydrogens is 421 g/mol. The molecule has 3 rings (SSSR count). The Morgan fingerprint density at radius 1 is 1.09 bits per heavy atom. The van der Waals surface area contributed by atoms with Gasteiger partial charge < -0.3 is 15.1 Å². The lowest BCUT2D eigenvalue weighted by molar-refractivity contribution is -0.138. The van der Waals surface area contributed by atoms with Crippen molar-refractivity contribution in [3.8, 4) is 0 Å². The summed E-state index contributed by atoms with van der Waals surface area (Å²) >= 11 is 0. The van der Waals surface area contributed by atoms with Crippen LogP contribution in [0.25, 0.3) is 0 Å². The number of piperazine rings is 1. The van der Waals surface area contributed by atoms with Crippen molar-refractivity contribution in [2.45, 2.75) is 38.9 Å². The van der Waals surface area contributed by atoms with E-state index in [9.17, 15) is 22.8 Å². The van der Waals surface area contributed by atoms with Crippen molar-refractivity contribution in [3.05, 3.63) is 59.3 Å². The molecule has 2 heterocycles. The molecule has 0 bridgehead atoms. The molecule has 0 radical (unpaired) electrons. The molecule has 1 saturated heterocycles. The standard InChI is InChI=1S/C23H27F3N4O2/c1-3-6-16(2)28-21(31)17-9-10-20(27-15-17)29-11-13-30(14-12-29)22(32)18-7-4-5-8-19(18)23(24,25)26/h4-5,7-10,15-16H,3,6,11-14H2,1-2H3,(H,28,31). The third kappa shape index (κ3) is 5.57. The van der Waals surface area contributed by atoms with Gasteiger partial charge >= 0.3 is 6.18 Å². The molecule has 1 aliphatic heterocycles. The number of alkyl halides is 3. The quantitative estimate of drug-likeness (QED) is 0.726. The number of carbonyl (C=O) groups excluding carboxylic acids is 2. The maximum absolute atomic E-state index is 13.2. The van der Waals surface area contributed by atoms with Crippen LogP contribution in [0.2, 0.25) is 0 Å². The van der Waals surface area contributed by atoms with Crippen LogP contribution in [0.3, 0.4) is 0 Å². The number of nitrogens with zero attached hydrogens (tertiary/aromatic N) is 3. The van der Waals surface area contributed by atoms with E-state index in [1.54, 1.807) is 12.1 Å². The molecule has 1 N–H and O–H groups in total. The molecule has 6 nitrogen and oxygen atoms in total. The zero-order chi connectivity index (χ0) is 23.3. The summed E-state index contributed by atoms with van der Waals surface area (Å²) in [4.78, 5) is 32.7. The number of halogens is 3. The molecule has 1 unspecified atom stereocenters. The highest BCUT2D eigenvalue weighted by Crippen LogP contribution is 2.32. The summed E-state index contributed by atoms with van der Waals surface area (Å²) in [6.45, 7) is 5.45. The first-order valence-corrected chi connectivity index (χ1v) is 10.7. The zero-order valence-corrected chi connectivity index (χ0v) is 18.2. The number of anilines is 1. The monoisotopic (exact) mass is 448 g/mol. The van der Waals surface area contributed by atoms with Crippen molar-refractivity contribution in [3.63, 3.8) is 0 Å². The first-order valence-electron chi connectivity index (χ1n) is 10.7. The number of nitrogens with one attached hydrogen (secondary N) is 1. The van der Waals surface area contributed by atoms with Crippen LogP contribution in [-0.2, 0) is 6.18 Å². The van der Waals surface area contributed by atoms with Gasteiger partial charge in [0.1, 0.15) is 5.82 Å². The Hall–Kier alpha value is -3.10. The van der Waals surface area contributed by atoms with Crippen molar-refractivity contribution in [1.29, 1.82) is 0 Å². The van der Waals surface area contributed by atoms with Gasteiger partial charge in [0.25, 0.3) is 11.8 Å². The maximum Gasteiger partial charge on any atom is 0.417 e. The fraction of sp³-hybridized carbons (Fsp3) is 0.435.